The standard InChI is InChI=1S/C11H20N4O/c1-2-4-13-11(10-3-5-16-7-10)6-15-9-12-8-14-15/h8-11,13H,2-7H2,1H3. The Morgan fingerprint density at radius 3 is 3.19 bits per heavy atom. The molecule has 1 aromatic rings. The second-order valence-electron chi connectivity index (χ2n) is 4.30. The molecule has 0 spiro atoms. The van der Waals surface area contributed by atoms with Gasteiger partial charge in [-0.05, 0) is 19.4 Å². The van der Waals surface area contributed by atoms with Gasteiger partial charge in [0.15, 0.2) is 0 Å². The Morgan fingerprint density at radius 1 is 1.62 bits per heavy atom. The maximum Gasteiger partial charge on any atom is 0.137 e. The number of hydrogen-bond acceptors (Lipinski definition) is 4. The van der Waals surface area contributed by atoms with Crippen LogP contribution in [0.3, 0.4) is 0 Å². The summed E-state index contributed by atoms with van der Waals surface area (Å²) in [6.45, 7) is 5.89. The van der Waals surface area contributed by atoms with Gasteiger partial charge in [-0.15, -0.1) is 0 Å². The molecule has 2 atom stereocenters. The molecule has 90 valence electrons. The lowest BCUT2D eigenvalue weighted by atomic mass is 9.99. The zero-order valence-electron chi connectivity index (χ0n) is 9.80. The molecule has 1 fully saturated rings. The van der Waals surface area contributed by atoms with Crippen LogP contribution in [0.15, 0.2) is 12.7 Å². The zero-order valence-corrected chi connectivity index (χ0v) is 9.80. The van der Waals surface area contributed by atoms with Crippen molar-refractivity contribution < 1.29 is 4.74 Å². The lowest BCUT2D eigenvalue weighted by molar-refractivity contribution is 0.173. The van der Waals surface area contributed by atoms with E-state index in [9.17, 15) is 0 Å². The van der Waals surface area contributed by atoms with E-state index < -0.39 is 0 Å². The number of nitrogens with zero attached hydrogens (tertiary/aromatic N) is 3. The lowest BCUT2D eigenvalue weighted by Crippen LogP contribution is -2.40. The van der Waals surface area contributed by atoms with Crippen molar-refractivity contribution in [2.24, 2.45) is 5.92 Å². The van der Waals surface area contributed by atoms with E-state index in [0.29, 0.717) is 12.0 Å². The summed E-state index contributed by atoms with van der Waals surface area (Å²) in [6.07, 6.45) is 5.66. The highest BCUT2D eigenvalue weighted by molar-refractivity contribution is 4.79. The molecular weight excluding hydrogens is 204 g/mol. The normalized spacial score (nSPS) is 22.4. The van der Waals surface area contributed by atoms with Crippen molar-refractivity contribution >= 4 is 0 Å². The van der Waals surface area contributed by atoms with E-state index in [1.165, 1.54) is 0 Å². The average molecular weight is 224 g/mol. The fraction of sp³-hybridized carbons (Fsp3) is 0.818. The first-order valence-corrected chi connectivity index (χ1v) is 6.03. The van der Waals surface area contributed by atoms with Crippen LogP contribution in [0.25, 0.3) is 0 Å². The molecule has 2 unspecified atom stereocenters. The lowest BCUT2D eigenvalue weighted by Gasteiger charge is -2.23. The minimum atomic E-state index is 0.448. The summed E-state index contributed by atoms with van der Waals surface area (Å²) in [7, 11) is 0. The second kappa shape index (κ2) is 5.96. The van der Waals surface area contributed by atoms with Gasteiger partial charge in [0.25, 0.3) is 0 Å². The van der Waals surface area contributed by atoms with E-state index in [1.807, 2.05) is 4.68 Å². The Balaban J connectivity index is 1.90. The highest BCUT2D eigenvalue weighted by Gasteiger charge is 2.25. The molecule has 0 aromatic carbocycles. The first-order valence-electron chi connectivity index (χ1n) is 6.03. The van der Waals surface area contributed by atoms with Gasteiger partial charge in [-0.3, -0.25) is 4.68 Å². The van der Waals surface area contributed by atoms with Gasteiger partial charge in [-0.25, -0.2) is 4.98 Å². The number of ether oxygens (including phenoxy) is 1. The van der Waals surface area contributed by atoms with Crippen LogP contribution in [-0.2, 0) is 11.3 Å². The monoisotopic (exact) mass is 224 g/mol. The molecule has 16 heavy (non-hydrogen) atoms. The van der Waals surface area contributed by atoms with Crippen LogP contribution in [0.5, 0.6) is 0 Å². The van der Waals surface area contributed by atoms with Crippen molar-refractivity contribution in [1.82, 2.24) is 20.1 Å². The molecule has 0 aliphatic carbocycles. The summed E-state index contributed by atoms with van der Waals surface area (Å²) in [5.74, 6) is 0.607. The van der Waals surface area contributed by atoms with Gasteiger partial charge in [-0.2, -0.15) is 5.10 Å². The van der Waals surface area contributed by atoms with Crippen LogP contribution in [0.4, 0.5) is 0 Å². The third-order valence-electron chi connectivity index (χ3n) is 3.04. The van der Waals surface area contributed by atoms with Gasteiger partial charge >= 0.3 is 0 Å². The van der Waals surface area contributed by atoms with E-state index >= 15 is 0 Å². The predicted molar refractivity (Wildman–Crippen MR) is 61.0 cm³/mol. The van der Waals surface area contributed by atoms with Crippen LogP contribution < -0.4 is 5.32 Å². The first kappa shape index (κ1) is 11.5. The van der Waals surface area contributed by atoms with E-state index in [-0.39, 0.29) is 0 Å². The van der Waals surface area contributed by atoms with Gasteiger partial charge in [0.1, 0.15) is 12.7 Å². The quantitative estimate of drug-likeness (QED) is 0.772. The third kappa shape index (κ3) is 3.02. The number of rotatable bonds is 6. The number of nitrogens with one attached hydrogen (secondary N) is 1. The zero-order chi connectivity index (χ0) is 11.2. The van der Waals surface area contributed by atoms with Gasteiger partial charge in [-0.1, -0.05) is 6.92 Å². The Morgan fingerprint density at radius 2 is 2.56 bits per heavy atom. The van der Waals surface area contributed by atoms with Crippen LogP contribution in [0.1, 0.15) is 19.8 Å². The van der Waals surface area contributed by atoms with E-state index in [2.05, 4.69) is 22.3 Å². The van der Waals surface area contributed by atoms with Crippen molar-refractivity contribution in [3.05, 3.63) is 12.7 Å². The molecule has 0 bridgehead atoms. The summed E-state index contributed by atoms with van der Waals surface area (Å²) >= 11 is 0. The predicted octanol–water partition coefficient (Wildman–Crippen LogP) is 0.683. The Bertz CT molecular complexity index is 282. The van der Waals surface area contributed by atoms with Crippen LogP contribution in [0.2, 0.25) is 0 Å². The van der Waals surface area contributed by atoms with Crippen molar-refractivity contribution in [3.8, 4) is 0 Å². The maximum absolute atomic E-state index is 5.45. The van der Waals surface area contributed by atoms with Crippen molar-refractivity contribution in [2.75, 3.05) is 19.8 Å². The smallest absolute Gasteiger partial charge is 0.137 e. The van der Waals surface area contributed by atoms with E-state index in [4.69, 9.17) is 4.74 Å². The molecule has 0 amide bonds. The highest BCUT2D eigenvalue weighted by Crippen LogP contribution is 2.17. The molecule has 1 aromatic heterocycles. The first-order chi connectivity index (χ1) is 7.90. The topological polar surface area (TPSA) is 52.0 Å². The van der Waals surface area contributed by atoms with Gasteiger partial charge in [0, 0.05) is 18.6 Å². The minimum absolute atomic E-state index is 0.448. The van der Waals surface area contributed by atoms with Gasteiger partial charge in [0.05, 0.1) is 13.2 Å². The van der Waals surface area contributed by atoms with E-state index in [0.717, 1.165) is 39.1 Å². The molecule has 0 radical (unpaired) electrons. The molecule has 2 heterocycles. The highest BCUT2D eigenvalue weighted by atomic mass is 16.5. The fourth-order valence-corrected chi connectivity index (χ4v) is 2.11. The van der Waals surface area contributed by atoms with Crippen LogP contribution in [-0.4, -0.2) is 40.6 Å². The molecule has 2 rings (SSSR count). The van der Waals surface area contributed by atoms with Crippen LogP contribution in [0, 0.1) is 5.92 Å². The summed E-state index contributed by atoms with van der Waals surface area (Å²) in [6, 6.07) is 0.448. The molecule has 0 saturated carbocycles. The maximum atomic E-state index is 5.45. The summed E-state index contributed by atoms with van der Waals surface area (Å²) in [5.41, 5.74) is 0. The molecule has 1 aliphatic heterocycles. The Labute approximate surface area is 96.2 Å². The largest absolute Gasteiger partial charge is 0.381 e. The van der Waals surface area contributed by atoms with E-state index in [1.54, 1.807) is 12.7 Å². The Hall–Kier alpha value is -0.940. The number of hydrogen-bond donors (Lipinski definition) is 1. The summed E-state index contributed by atoms with van der Waals surface area (Å²) in [5, 5.41) is 7.74. The summed E-state index contributed by atoms with van der Waals surface area (Å²) in [4.78, 5) is 3.97. The minimum Gasteiger partial charge on any atom is -0.381 e. The number of aromatic nitrogens is 3. The fourth-order valence-electron chi connectivity index (χ4n) is 2.11. The van der Waals surface area contributed by atoms with Gasteiger partial charge < -0.3 is 10.1 Å². The SMILES string of the molecule is CCCNC(Cn1cncn1)C1CCOC1. The molecule has 5 heteroatoms. The van der Waals surface area contributed by atoms with Crippen molar-refractivity contribution in [3.63, 3.8) is 0 Å². The summed E-state index contributed by atoms with van der Waals surface area (Å²) < 4.78 is 7.35. The van der Waals surface area contributed by atoms with Gasteiger partial charge in [0.2, 0.25) is 0 Å². The molecule has 1 saturated heterocycles. The molecular formula is C11H20N4O. The van der Waals surface area contributed by atoms with Crippen molar-refractivity contribution in [2.45, 2.75) is 32.4 Å². The van der Waals surface area contributed by atoms with Crippen molar-refractivity contribution in [1.29, 1.82) is 0 Å². The average Bonchev–Trinajstić information content (AvgIpc) is 2.96. The molecule has 1 N–H and O–H groups in total. The Kier molecular flexibility index (Phi) is 4.30. The third-order valence-corrected chi connectivity index (χ3v) is 3.04. The van der Waals surface area contributed by atoms with Crippen LogP contribution >= 0.6 is 0 Å². The molecule has 5 nitrogen and oxygen atoms in total. The second-order valence-corrected chi connectivity index (χ2v) is 4.30. The molecule has 1 aliphatic rings.